The summed E-state index contributed by atoms with van der Waals surface area (Å²) in [6, 6.07) is 0.115. The maximum Gasteiger partial charge on any atom is 0.0352 e. The van der Waals surface area contributed by atoms with Gasteiger partial charge in [0.05, 0.1) is 0 Å². The zero-order chi connectivity index (χ0) is 8.32. The molecule has 0 bridgehead atoms. The molecular weight excluding hydrogens is 134 g/mol. The van der Waals surface area contributed by atoms with Gasteiger partial charge in [-0.1, -0.05) is 43.4 Å². The molecule has 1 nitrogen and oxygen atoms in total. The van der Waals surface area contributed by atoms with E-state index in [4.69, 9.17) is 5.73 Å². The molecule has 0 aromatic rings. The van der Waals surface area contributed by atoms with E-state index >= 15 is 0 Å². The van der Waals surface area contributed by atoms with E-state index in [0.29, 0.717) is 0 Å². The first-order valence-electron chi connectivity index (χ1n) is 3.94. The molecule has 0 heterocycles. The quantitative estimate of drug-likeness (QED) is 0.567. The number of rotatable bonds is 1. The van der Waals surface area contributed by atoms with Crippen molar-refractivity contribution in [1.82, 2.24) is 0 Å². The minimum atomic E-state index is 0.0174. The average Bonchev–Trinajstić information content (AvgIpc) is 1.96. The van der Waals surface area contributed by atoms with Gasteiger partial charge >= 0.3 is 0 Å². The molecule has 0 radical (unpaired) electrons. The smallest absolute Gasteiger partial charge is 0.0352 e. The standard InChI is InChI=1S/C10H15N/c1-3-7-10(2)8-5-4-6-9(10)11/h3-9H,11H2,1-2H3. The van der Waals surface area contributed by atoms with Crippen LogP contribution in [-0.2, 0) is 0 Å². The predicted octanol–water partition coefficient (Wildman–Crippen LogP) is 2.02. The third kappa shape index (κ3) is 1.60. The van der Waals surface area contributed by atoms with Gasteiger partial charge in [0.15, 0.2) is 0 Å². The van der Waals surface area contributed by atoms with Crippen molar-refractivity contribution in [2.75, 3.05) is 0 Å². The Hall–Kier alpha value is -0.820. The highest BCUT2D eigenvalue weighted by Crippen LogP contribution is 2.27. The van der Waals surface area contributed by atoms with Crippen LogP contribution in [-0.4, -0.2) is 6.04 Å². The molecule has 11 heavy (non-hydrogen) atoms. The van der Waals surface area contributed by atoms with Gasteiger partial charge in [0.25, 0.3) is 0 Å². The van der Waals surface area contributed by atoms with Crippen molar-refractivity contribution in [2.24, 2.45) is 11.1 Å². The zero-order valence-corrected chi connectivity index (χ0v) is 7.12. The second-order valence-corrected chi connectivity index (χ2v) is 3.14. The lowest BCUT2D eigenvalue weighted by molar-refractivity contribution is 0.480. The molecule has 2 N–H and O–H groups in total. The Kier molecular flexibility index (Phi) is 2.30. The molecule has 1 aliphatic carbocycles. The van der Waals surface area contributed by atoms with Gasteiger partial charge in [-0.25, -0.2) is 0 Å². The number of nitrogens with two attached hydrogens (primary N) is 1. The van der Waals surface area contributed by atoms with E-state index in [0.717, 1.165) is 0 Å². The Morgan fingerprint density at radius 3 is 2.73 bits per heavy atom. The lowest BCUT2D eigenvalue weighted by Gasteiger charge is -2.29. The Balaban J connectivity index is 2.85. The number of hydrogen-bond donors (Lipinski definition) is 1. The molecular formula is C10H15N. The maximum atomic E-state index is 5.91. The largest absolute Gasteiger partial charge is 0.323 e. The summed E-state index contributed by atoms with van der Waals surface area (Å²) in [5.41, 5.74) is 5.93. The van der Waals surface area contributed by atoms with Crippen LogP contribution >= 0.6 is 0 Å². The van der Waals surface area contributed by atoms with Crippen LogP contribution in [0.25, 0.3) is 0 Å². The maximum absolute atomic E-state index is 5.91. The molecule has 1 rings (SSSR count). The van der Waals surface area contributed by atoms with E-state index < -0.39 is 0 Å². The molecule has 0 aromatic heterocycles. The van der Waals surface area contributed by atoms with Crippen LogP contribution < -0.4 is 5.73 Å². The Morgan fingerprint density at radius 2 is 2.18 bits per heavy atom. The van der Waals surface area contributed by atoms with Crippen LogP contribution in [0.4, 0.5) is 0 Å². The summed E-state index contributed by atoms with van der Waals surface area (Å²) in [6.45, 7) is 4.15. The van der Waals surface area contributed by atoms with Crippen LogP contribution in [0.2, 0.25) is 0 Å². The van der Waals surface area contributed by atoms with Gasteiger partial charge in [-0.05, 0) is 6.92 Å². The minimum absolute atomic E-state index is 0.0174. The third-order valence-corrected chi connectivity index (χ3v) is 2.13. The zero-order valence-electron chi connectivity index (χ0n) is 7.12. The summed E-state index contributed by atoms with van der Waals surface area (Å²) in [6.07, 6.45) is 12.4. The van der Waals surface area contributed by atoms with Crippen molar-refractivity contribution in [2.45, 2.75) is 19.9 Å². The summed E-state index contributed by atoms with van der Waals surface area (Å²) in [5.74, 6) is 0. The first-order chi connectivity index (χ1) is 5.19. The van der Waals surface area contributed by atoms with Crippen molar-refractivity contribution in [3.63, 3.8) is 0 Å². The fourth-order valence-electron chi connectivity index (χ4n) is 1.29. The Morgan fingerprint density at radius 1 is 1.45 bits per heavy atom. The topological polar surface area (TPSA) is 26.0 Å². The van der Waals surface area contributed by atoms with E-state index in [1.807, 2.05) is 31.2 Å². The number of hydrogen-bond acceptors (Lipinski definition) is 1. The fourth-order valence-corrected chi connectivity index (χ4v) is 1.29. The highest BCUT2D eigenvalue weighted by molar-refractivity contribution is 5.26. The van der Waals surface area contributed by atoms with Crippen molar-refractivity contribution in [3.05, 3.63) is 36.5 Å². The van der Waals surface area contributed by atoms with Crippen LogP contribution in [0, 0.1) is 5.41 Å². The molecule has 0 aliphatic heterocycles. The summed E-state index contributed by atoms with van der Waals surface area (Å²) >= 11 is 0. The molecule has 0 fully saturated rings. The van der Waals surface area contributed by atoms with Gasteiger partial charge in [0.1, 0.15) is 0 Å². The molecule has 0 aromatic carbocycles. The summed E-state index contributed by atoms with van der Waals surface area (Å²) in [4.78, 5) is 0. The fraction of sp³-hybridized carbons (Fsp3) is 0.400. The van der Waals surface area contributed by atoms with Crippen LogP contribution in [0.3, 0.4) is 0 Å². The molecule has 1 heteroatoms. The summed E-state index contributed by atoms with van der Waals surface area (Å²) in [5, 5.41) is 0. The monoisotopic (exact) mass is 149 g/mol. The minimum Gasteiger partial charge on any atom is -0.323 e. The highest BCUT2D eigenvalue weighted by atomic mass is 14.7. The molecule has 60 valence electrons. The third-order valence-electron chi connectivity index (χ3n) is 2.13. The highest BCUT2D eigenvalue weighted by Gasteiger charge is 2.24. The van der Waals surface area contributed by atoms with Gasteiger partial charge in [0, 0.05) is 11.5 Å². The van der Waals surface area contributed by atoms with Crippen molar-refractivity contribution in [3.8, 4) is 0 Å². The van der Waals surface area contributed by atoms with Crippen molar-refractivity contribution in [1.29, 1.82) is 0 Å². The molecule has 0 spiro atoms. The summed E-state index contributed by atoms with van der Waals surface area (Å²) < 4.78 is 0. The van der Waals surface area contributed by atoms with Crippen LogP contribution in [0.5, 0.6) is 0 Å². The molecule has 0 saturated carbocycles. The second kappa shape index (κ2) is 3.05. The lowest BCUT2D eigenvalue weighted by Crippen LogP contribution is -2.36. The SMILES string of the molecule is CC=CC1(C)C=CC=CC1N. The van der Waals surface area contributed by atoms with E-state index in [9.17, 15) is 0 Å². The molecule has 0 saturated heterocycles. The Labute approximate surface area is 68.3 Å². The average molecular weight is 149 g/mol. The van der Waals surface area contributed by atoms with E-state index in [1.165, 1.54) is 0 Å². The van der Waals surface area contributed by atoms with E-state index in [2.05, 4.69) is 19.1 Å². The number of allylic oxidation sites excluding steroid dienone is 3. The molecule has 2 unspecified atom stereocenters. The predicted molar refractivity (Wildman–Crippen MR) is 49.2 cm³/mol. The van der Waals surface area contributed by atoms with Gasteiger partial charge in [-0.2, -0.15) is 0 Å². The molecule has 1 aliphatic rings. The molecule has 0 amide bonds. The summed E-state index contributed by atoms with van der Waals surface area (Å²) in [7, 11) is 0. The lowest BCUT2D eigenvalue weighted by atomic mass is 9.79. The van der Waals surface area contributed by atoms with Crippen LogP contribution in [0.1, 0.15) is 13.8 Å². The van der Waals surface area contributed by atoms with Gasteiger partial charge in [0.2, 0.25) is 0 Å². The van der Waals surface area contributed by atoms with E-state index in [-0.39, 0.29) is 11.5 Å². The first kappa shape index (κ1) is 8.28. The normalized spacial score (nSPS) is 36.8. The van der Waals surface area contributed by atoms with Crippen molar-refractivity contribution < 1.29 is 0 Å². The Bertz CT molecular complexity index is 213. The second-order valence-electron chi connectivity index (χ2n) is 3.14. The molecule has 2 atom stereocenters. The van der Waals surface area contributed by atoms with E-state index in [1.54, 1.807) is 0 Å². The van der Waals surface area contributed by atoms with Gasteiger partial charge in [-0.3, -0.25) is 0 Å². The van der Waals surface area contributed by atoms with Crippen molar-refractivity contribution >= 4 is 0 Å². The van der Waals surface area contributed by atoms with Crippen LogP contribution in [0.15, 0.2) is 36.5 Å². The van der Waals surface area contributed by atoms with Gasteiger partial charge in [-0.15, -0.1) is 0 Å². The van der Waals surface area contributed by atoms with Gasteiger partial charge < -0.3 is 5.73 Å². The first-order valence-corrected chi connectivity index (χ1v) is 3.94.